The summed E-state index contributed by atoms with van der Waals surface area (Å²) in [6.45, 7) is 5.74. The van der Waals surface area contributed by atoms with Crippen molar-refractivity contribution in [2.45, 2.75) is 26.9 Å². The van der Waals surface area contributed by atoms with E-state index in [0.29, 0.717) is 10.0 Å². The van der Waals surface area contributed by atoms with Crippen molar-refractivity contribution in [3.8, 4) is 0 Å². The van der Waals surface area contributed by atoms with Gasteiger partial charge in [-0.15, -0.1) is 0 Å². The molecule has 0 radical (unpaired) electrons. The number of rotatable bonds is 1. The minimum absolute atomic E-state index is 0.284. The Hall–Kier alpha value is -0.410. The number of benzene rings is 1. The first-order chi connectivity index (χ1) is 6.30. The van der Waals surface area contributed by atoms with Gasteiger partial charge in [0.1, 0.15) is 5.82 Å². The first-order valence-electron chi connectivity index (χ1n) is 4.45. The van der Waals surface area contributed by atoms with E-state index in [9.17, 15) is 9.50 Å². The number of aliphatic hydroxyl groups excluding tert-OH is 1. The molecule has 0 fully saturated rings. The predicted octanol–water partition coefficient (Wildman–Crippen LogP) is 3.67. The standard InChI is InChI=1S/C11H14BrFO/c1-11(2,3)10(14)7-4-8(12)6-9(13)5-7/h4-6,10,14H,1-3H3. The number of aliphatic hydroxyl groups is 1. The SMILES string of the molecule is CC(C)(C)C(O)c1cc(F)cc(Br)c1. The zero-order chi connectivity index (χ0) is 10.9. The molecule has 1 aromatic rings. The third-order valence-corrected chi connectivity index (χ3v) is 2.48. The molecule has 14 heavy (non-hydrogen) atoms. The van der Waals surface area contributed by atoms with E-state index in [1.807, 2.05) is 20.8 Å². The summed E-state index contributed by atoms with van der Waals surface area (Å²) in [6.07, 6.45) is -0.658. The van der Waals surface area contributed by atoms with Crippen molar-refractivity contribution < 1.29 is 9.50 Å². The second-order valence-corrected chi connectivity index (χ2v) is 5.39. The molecule has 1 N–H and O–H groups in total. The van der Waals surface area contributed by atoms with Crippen LogP contribution >= 0.6 is 15.9 Å². The lowest BCUT2D eigenvalue weighted by Crippen LogP contribution is -2.17. The van der Waals surface area contributed by atoms with Crippen molar-refractivity contribution in [3.05, 3.63) is 34.1 Å². The van der Waals surface area contributed by atoms with E-state index in [0.717, 1.165) is 0 Å². The molecule has 0 aromatic heterocycles. The first kappa shape index (κ1) is 11.7. The molecule has 1 aromatic carbocycles. The Morgan fingerprint density at radius 2 is 1.86 bits per heavy atom. The molecule has 1 unspecified atom stereocenters. The molecule has 78 valence electrons. The van der Waals surface area contributed by atoms with Crippen molar-refractivity contribution in [3.63, 3.8) is 0 Å². The van der Waals surface area contributed by atoms with Crippen LogP contribution in [0.25, 0.3) is 0 Å². The zero-order valence-corrected chi connectivity index (χ0v) is 10.1. The third-order valence-electron chi connectivity index (χ3n) is 2.02. The Morgan fingerprint density at radius 3 is 2.29 bits per heavy atom. The maximum absolute atomic E-state index is 13.0. The van der Waals surface area contributed by atoms with Gasteiger partial charge in [0.15, 0.2) is 0 Å². The highest BCUT2D eigenvalue weighted by Gasteiger charge is 2.24. The van der Waals surface area contributed by atoms with Gasteiger partial charge in [-0.05, 0) is 29.2 Å². The van der Waals surface area contributed by atoms with E-state index < -0.39 is 6.10 Å². The van der Waals surface area contributed by atoms with Crippen LogP contribution in [0.4, 0.5) is 4.39 Å². The second-order valence-electron chi connectivity index (χ2n) is 4.47. The fourth-order valence-corrected chi connectivity index (χ4v) is 1.72. The summed E-state index contributed by atoms with van der Waals surface area (Å²) >= 11 is 3.20. The van der Waals surface area contributed by atoms with Crippen molar-refractivity contribution in [1.29, 1.82) is 0 Å². The van der Waals surface area contributed by atoms with Crippen molar-refractivity contribution >= 4 is 15.9 Å². The highest BCUT2D eigenvalue weighted by atomic mass is 79.9. The number of hydrogen-bond acceptors (Lipinski definition) is 1. The Labute approximate surface area is 92.1 Å². The highest BCUT2D eigenvalue weighted by molar-refractivity contribution is 9.10. The molecule has 0 saturated heterocycles. The molecule has 0 aliphatic rings. The second kappa shape index (κ2) is 3.99. The highest BCUT2D eigenvalue weighted by Crippen LogP contribution is 2.33. The maximum atomic E-state index is 13.0. The van der Waals surface area contributed by atoms with Crippen LogP contribution in [0.5, 0.6) is 0 Å². The van der Waals surface area contributed by atoms with Gasteiger partial charge in [0.25, 0.3) is 0 Å². The van der Waals surface area contributed by atoms with Crippen LogP contribution in [0, 0.1) is 11.2 Å². The lowest BCUT2D eigenvalue weighted by atomic mass is 9.85. The van der Waals surface area contributed by atoms with Gasteiger partial charge in [0.05, 0.1) is 6.10 Å². The average Bonchev–Trinajstić information content (AvgIpc) is 1.99. The van der Waals surface area contributed by atoms with Gasteiger partial charge in [0, 0.05) is 4.47 Å². The predicted molar refractivity (Wildman–Crippen MR) is 58.5 cm³/mol. The normalized spacial score (nSPS) is 14.1. The molecule has 0 amide bonds. The van der Waals surface area contributed by atoms with Gasteiger partial charge in [-0.2, -0.15) is 0 Å². The topological polar surface area (TPSA) is 20.2 Å². The lowest BCUT2D eigenvalue weighted by Gasteiger charge is -2.26. The maximum Gasteiger partial charge on any atom is 0.124 e. The minimum Gasteiger partial charge on any atom is -0.388 e. The molecule has 3 heteroatoms. The monoisotopic (exact) mass is 260 g/mol. The first-order valence-corrected chi connectivity index (χ1v) is 5.24. The molecule has 1 rings (SSSR count). The van der Waals surface area contributed by atoms with E-state index in [1.165, 1.54) is 12.1 Å². The quantitative estimate of drug-likeness (QED) is 0.817. The fraction of sp³-hybridized carbons (Fsp3) is 0.455. The molecule has 0 saturated carbocycles. The van der Waals surface area contributed by atoms with Gasteiger partial charge < -0.3 is 5.11 Å². The van der Waals surface area contributed by atoms with Crippen LogP contribution in [0.15, 0.2) is 22.7 Å². The summed E-state index contributed by atoms with van der Waals surface area (Å²) in [5.74, 6) is -0.335. The summed E-state index contributed by atoms with van der Waals surface area (Å²) in [5.41, 5.74) is 0.317. The van der Waals surface area contributed by atoms with Crippen LogP contribution in [0.3, 0.4) is 0 Å². The van der Waals surface area contributed by atoms with Crippen LogP contribution in [0.2, 0.25) is 0 Å². The average molecular weight is 261 g/mol. The fourth-order valence-electron chi connectivity index (χ4n) is 1.23. The Kier molecular flexibility index (Phi) is 3.32. The summed E-state index contributed by atoms with van der Waals surface area (Å²) in [6, 6.07) is 4.47. The smallest absolute Gasteiger partial charge is 0.124 e. The summed E-state index contributed by atoms with van der Waals surface area (Å²) in [5, 5.41) is 9.92. The molecular weight excluding hydrogens is 247 g/mol. The van der Waals surface area contributed by atoms with Crippen LogP contribution in [0.1, 0.15) is 32.4 Å². The lowest BCUT2D eigenvalue weighted by molar-refractivity contribution is 0.0623. The molecule has 0 aliphatic carbocycles. The van der Waals surface area contributed by atoms with E-state index in [-0.39, 0.29) is 11.2 Å². The molecular formula is C11H14BrFO. The molecule has 1 nitrogen and oxygen atoms in total. The Morgan fingerprint density at radius 1 is 1.29 bits per heavy atom. The largest absolute Gasteiger partial charge is 0.388 e. The number of halogens is 2. The van der Waals surface area contributed by atoms with Gasteiger partial charge in [-0.25, -0.2) is 4.39 Å². The van der Waals surface area contributed by atoms with E-state index in [4.69, 9.17) is 0 Å². The van der Waals surface area contributed by atoms with Gasteiger partial charge in [-0.3, -0.25) is 0 Å². The van der Waals surface area contributed by atoms with Crippen LogP contribution in [-0.4, -0.2) is 5.11 Å². The van der Waals surface area contributed by atoms with Crippen LogP contribution < -0.4 is 0 Å². The minimum atomic E-state index is -0.658. The van der Waals surface area contributed by atoms with E-state index in [2.05, 4.69) is 15.9 Å². The van der Waals surface area contributed by atoms with Gasteiger partial charge >= 0.3 is 0 Å². The molecule has 0 bridgehead atoms. The molecule has 1 atom stereocenters. The van der Waals surface area contributed by atoms with E-state index >= 15 is 0 Å². The van der Waals surface area contributed by atoms with Crippen molar-refractivity contribution in [2.75, 3.05) is 0 Å². The molecule has 0 heterocycles. The Balaban J connectivity index is 3.07. The van der Waals surface area contributed by atoms with Crippen molar-refractivity contribution in [1.82, 2.24) is 0 Å². The van der Waals surface area contributed by atoms with E-state index in [1.54, 1.807) is 6.07 Å². The Bertz CT molecular complexity index is 310. The van der Waals surface area contributed by atoms with Crippen molar-refractivity contribution in [2.24, 2.45) is 5.41 Å². The number of hydrogen-bond donors (Lipinski definition) is 1. The van der Waals surface area contributed by atoms with Crippen LogP contribution in [-0.2, 0) is 0 Å². The van der Waals surface area contributed by atoms with Gasteiger partial charge in [0.2, 0.25) is 0 Å². The molecule has 0 aliphatic heterocycles. The van der Waals surface area contributed by atoms with Gasteiger partial charge in [-0.1, -0.05) is 36.7 Å². The summed E-state index contributed by atoms with van der Waals surface area (Å²) in [7, 11) is 0. The third kappa shape index (κ3) is 2.79. The zero-order valence-electron chi connectivity index (χ0n) is 8.51. The molecule has 0 spiro atoms. The summed E-state index contributed by atoms with van der Waals surface area (Å²) < 4.78 is 13.7. The summed E-state index contributed by atoms with van der Waals surface area (Å²) in [4.78, 5) is 0.